The number of benzene rings is 1. The van der Waals surface area contributed by atoms with E-state index in [4.69, 9.17) is 19.2 Å². The van der Waals surface area contributed by atoms with Crippen LogP contribution in [0.2, 0.25) is 0 Å². The monoisotopic (exact) mass is 555 g/mol. The molecule has 3 aliphatic heterocycles. The van der Waals surface area contributed by atoms with E-state index in [9.17, 15) is 14.3 Å². The van der Waals surface area contributed by atoms with Gasteiger partial charge in [-0.1, -0.05) is 6.42 Å². The van der Waals surface area contributed by atoms with Crippen LogP contribution in [0, 0.1) is 5.82 Å². The van der Waals surface area contributed by atoms with E-state index in [0.29, 0.717) is 44.3 Å². The Bertz CT molecular complexity index is 1230. The first-order valence-electron chi connectivity index (χ1n) is 14.5. The smallest absolute Gasteiger partial charge is 0.325 e. The Morgan fingerprint density at radius 1 is 1.25 bits per heavy atom. The van der Waals surface area contributed by atoms with Crippen LogP contribution < -0.4 is 10.1 Å². The molecular weight excluding hydrogens is 513 g/mol. The molecule has 1 fully saturated rings. The van der Waals surface area contributed by atoms with Gasteiger partial charge in [-0.2, -0.15) is 0 Å². The number of aromatic nitrogens is 1. The number of likely N-dealkylation sites (tertiary alicyclic amines) is 1. The zero-order valence-corrected chi connectivity index (χ0v) is 24.1. The zero-order chi connectivity index (χ0) is 28.4. The minimum Gasteiger partial charge on any atom is -0.496 e. The van der Waals surface area contributed by atoms with Gasteiger partial charge in [-0.25, -0.2) is 9.37 Å². The third-order valence-corrected chi connectivity index (χ3v) is 8.42. The van der Waals surface area contributed by atoms with Gasteiger partial charge >= 0.3 is 5.97 Å². The highest BCUT2D eigenvalue weighted by Gasteiger charge is 2.42. The second-order valence-corrected chi connectivity index (χ2v) is 11.9. The maximum atomic E-state index is 14.5. The number of pyridine rings is 1. The van der Waals surface area contributed by atoms with Crippen molar-refractivity contribution in [1.82, 2.24) is 9.88 Å². The molecule has 2 atom stereocenters. The quantitative estimate of drug-likeness (QED) is 0.374. The Kier molecular flexibility index (Phi) is 8.63. The van der Waals surface area contributed by atoms with Crippen LogP contribution in [0.3, 0.4) is 0 Å². The molecule has 0 bridgehead atoms. The molecule has 9 heteroatoms. The van der Waals surface area contributed by atoms with E-state index in [0.717, 1.165) is 66.9 Å². The molecule has 0 amide bonds. The number of rotatable bonds is 11. The number of halogens is 1. The number of unbranched alkanes of at least 4 members (excludes halogenated alkanes) is 2. The predicted octanol–water partition coefficient (Wildman–Crippen LogP) is 5.02. The van der Waals surface area contributed by atoms with Crippen molar-refractivity contribution in [3.05, 3.63) is 52.0 Å². The number of aryl methyl sites for hydroxylation is 1. The number of hydrogen-bond donors (Lipinski definition) is 2. The first kappa shape index (κ1) is 28.8. The SMILES string of the molecule is COc1cc(CCCCCOC2CN(C(C(=O)O)c3cc(F)cc4c3C(C)(C)OCC4)C2)nc2c1CCC(C)N2. The summed E-state index contributed by atoms with van der Waals surface area (Å²) in [4.78, 5) is 19.1. The molecule has 0 aliphatic carbocycles. The van der Waals surface area contributed by atoms with E-state index in [-0.39, 0.29) is 6.10 Å². The van der Waals surface area contributed by atoms with Crippen molar-refractivity contribution in [2.24, 2.45) is 0 Å². The van der Waals surface area contributed by atoms with Crippen molar-refractivity contribution in [2.45, 2.75) is 89.5 Å². The van der Waals surface area contributed by atoms with Crippen molar-refractivity contribution in [1.29, 1.82) is 0 Å². The number of aliphatic carboxylic acids is 1. The molecule has 1 aromatic carbocycles. The van der Waals surface area contributed by atoms with E-state index in [1.54, 1.807) is 7.11 Å². The summed E-state index contributed by atoms with van der Waals surface area (Å²) in [6, 6.07) is 4.44. The van der Waals surface area contributed by atoms with Gasteiger partial charge in [-0.05, 0) is 88.1 Å². The Balaban J connectivity index is 1.09. The number of hydrogen-bond acceptors (Lipinski definition) is 7. The number of carbonyl (C=O) groups is 1. The predicted molar refractivity (Wildman–Crippen MR) is 151 cm³/mol. The van der Waals surface area contributed by atoms with Gasteiger partial charge in [-0.15, -0.1) is 0 Å². The average molecular weight is 556 g/mol. The number of nitrogens with zero attached hydrogens (tertiary/aromatic N) is 2. The van der Waals surface area contributed by atoms with E-state index in [2.05, 4.69) is 18.3 Å². The average Bonchev–Trinajstić information content (AvgIpc) is 2.87. The van der Waals surface area contributed by atoms with Crippen LogP contribution in [0.4, 0.5) is 10.2 Å². The van der Waals surface area contributed by atoms with Crippen molar-refractivity contribution < 1.29 is 28.5 Å². The van der Waals surface area contributed by atoms with Crippen molar-refractivity contribution in [3.8, 4) is 5.75 Å². The normalized spacial score (nSPS) is 21.1. The molecule has 0 radical (unpaired) electrons. The summed E-state index contributed by atoms with van der Waals surface area (Å²) < 4.78 is 32.1. The lowest BCUT2D eigenvalue weighted by Crippen LogP contribution is -2.55. The van der Waals surface area contributed by atoms with Gasteiger partial charge in [0.2, 0.25) is 0 Å². The molecule has 218 valence electrons. The first-order valence-corrected chi connectivity index (χ1v) is 14.5. The number of carboxylic acid groups (broad SMARTS) is 1. The van der Waals surface area contributed by atoms with Crippen LogP contribution >= 0.6 is 0 Å². The lowest BCUT2D eigenvalue weighted by atomic mass is 9.82. The standard InChI is InChI=1S/C31H42FN3O5/c1-19-9-10-24-26(38-4)16-22(34-29(24)33-19)8-6-5-7-12-39-23-17-35(18-23)28(30(36)37)25-15-21(32)14-20-11-13-40-31(2,3)27(20)25/h14-16,19,23,28H,5-13,17-18H2,1-4H3,(H,33,34)(H,36,37). The van der Waals surface area contributed by atoms with Crippen LogP contribution in [-0.4, -0.2) is 66.5 Å². The Morgan fingerprint density at radius 3 is 2.80 bits per heavy atom. The number of methoxy groups -OCH3 is 1. The van der Waals surface area contributed by atoms with E-state index >= 15 is 0 Å². The number of carboxylic acids is 1. The molecule has 0 saturated carbocycles. The van der Waals surface area contributed by atoms with Gasteiger partial charge in [0, 0.05) is 43.1 Å². The summed E-state index contributed by atoms with van der Waals surface area (Å²) >= 11 is 0. The summed E-state index contributed by atoms with van der Waals surface area (Å²) in [6.07, 6.45) is 6.47. The number of ether oxygens (including phenoxy) is 3. The lowest BCUT2D eigenvalue weighted by Gasteiger charge is -2.44. The molecule has 2 N–H and O–H groups in total. The van der Waals surface area contributed by atoms with E-state index < -0.39 is 23.4 Å². The van der Waals surface area contributed by atoms with Gasteiger partial charge in [0.25, 0.3) is 0 Å². The summed E-state index contributed by atoms with van der Waals surface area (Å²) in [5.41, 5.74) is 3.67. The van der Waals surface area contributed by atoms with Gasteiger partial charge in [0.1, 0.15) is 23.4 Å². The molecule has 5 rings (SSSR count). The van der Waals surface area contributed by atoms with Crippen molar-refractivity contribution >= 4 is 11.8 Å². The van der Waals surface area contributed by atoms with Crippen LogP contribution in [0.5, 0.6) is 5.75 Å². The summed E-state index contributed by atoms with van der Waals surface area (Å²) in [5, 5.41) is 13.6. The van der Waals surface area contributed by atoms with E-state index in [1.165, 1.54) is 17.7 Å². The molecule has 0 spiro atoms. The van der Waals surface area contributed by atoms with Crippen molar-refractivity contribution in [3.63, 3.8) is 0 Å². The number of nitrogens with one attached hydrogen (secondary N) is 1. The summed E-state index contributed by atoms with van der Waals surface area (Å²) in [5.74, 6) is 0.498. The van der Waals surface area contributed by atoms with Crippen LogP contribution in [0.25, 0.3) is 0 Å². The summed E-state index contributed by atoms with van der Waals surface area (Å²) in [6.45, 7) is 8.16. The topological polar surface area (TPSA) is 93.2 Å². The second kappa shape index (κ2) is 12.0. The minimum atomic E-state index is -0.982. The molecular formula is C31H42FN3O5. The van der Waals surface area contributed by atoms with Gasteiger partial charge in [-0.3, -0.25) is 9.69 Å². The molecule has 1 saturated heterocycles. The fraction of sp³-hybridized carbons (Fsp3) is 0.613. The fourth-order valence-corrected chi connectivity index (χ4v) is 6.36. The Labute approximate surface area is 236 Å². The van der Waals surface area contributed by atoms with Gasteiger partial charge in [0.15, 0.2) is 0 Å². The maximum Gasteiger partial charge on any atom is 0.325 e. The third kappa shape index (κ3) is 6.11. The Morgan fingerprint density at radius 2 is 2.05 bits per heavy atom. The minimum absolute atomic E-state index is 0.0184. The van der Waals surface area contributed by atoms with Crippen LogP contribution in [0.15, 0.2) is 18.2 Å². The summed E-state index contributed by atoms with van der Waals surface area (Å²) in [7, 11) is 1.72. The highest BCUT2D eigenvalue weighted by Crippen LogP contribution is 2.41. The molecule has 1 aromatic heterocycles. The Hall–Kier alpha value is -2.75. The second-order valence-electron chi connectivity index (χ2n) is 11.9. The highest BCUT2D eigenvalue weighted by molar-refractivity contribution is 5.77. The molecule has 2 aromatic rings. The third-order valence-electron chi connectivity index (χ3n) is 8.42. The first-order chi connectivity index (χ1) is 19.2. The number of fused-ring (bicyclic) bond motifs is 2. The molecule has 4 heterocycles. The van der Waals surface area contributed by atoms with Crippen LogP contribution in [0.1, 0.15) is 80.4 Å². The molecule has 2 unspecified atom stereocenters. The maximum absolute atomic E-state index is 14.5. The largest absolute Gasteiger partial charge is 0.496 e. The number of anilines is 1. The van der Waals surface area contributed by atoms with Gasteiger partial charge in [0.05, 0.1) is 25.4 Å². The van der Waals surface area contributed by atoms with Crippen molar-refractivity contribution in [2.75, 3.05) is 38.7 Å². The van der Waals surface area contributed by atoms with E-state index in [1.807, 2.05) is 18.7 Å². The fourth-order valence-electron chi connectivity index (χ4n) is 6.36. The molecule has 8 nitrogen and oxygen atoms in total. The lowest BCUT2D eigenvalue weighted by molar-refractivity contribution is -0.151. The van der Waals surface area contributed by atoms with Gasteiger partial charge < -0.3 is 24.6 Å². The highest BCUT2D eigenvalue weighted by atomic mass is 19.1. The molecule has 40 heavy (non-hydrogen) atoms. The molecule has 3 aliphatic rings. The zero-order valence-electron chi connectivity index (χ0n) is 24.1. The van der Waals surface area contributed by atoms with Crippen LogP contribution in [-0.2, 0) is 39.1 Å².